The number of amides is 2. The zero-order chi connectivity index (χ0) is 12.1. The van der Waals surface area contributed by atoms with Crippen molar-refractivity contribution in [1.82, 2.24) is 16.0 Å². The van der Waals surface area contributed by atoms with Gasteiger partial charge in [0.05, 0.1) is 12.6 Å². The molecule has 3 N–H and O–H groups in total. The van der Waals surface area contributed by atoms with Crippen LogP contribution < -0.4 is 16.0 Å². The van der Waals surface area contributed by atoms with E-state index in [0.717, 1.165) is 0 Å². The van der Waals surface area contributed by atoms with Gasteiger partial charge in [0.15, 0.2) is 0 Å². The Morgan fingerprint density at radius 2 is 1.80 bits per heavy atom. The van der Waals surface area contributed by atoms with Gasteiger partial charge in [-0.05, 0) is 27.7 Å². The number of rotatable bonds is 4. The van der Waals surface area contributed by atoms with Crippen molar-refractivity contribution in [3.8, 4) is 0 Å². The Morgan fingerprint density at radius 1 is 1.27 bits per heavy atom. The molecule has 0 spiro atoms. The molecule has 5 heteroatoms. The van der Waals surface area contributed by atoms with Gasteiger partial charge in [-0.1, -0.05) is 0 Å². The summed E-state index contributed by atoms with van der Waals surface area (Å²) in [4.78, 5) is 22.5. The molecular formula is C10H21N3O2. The topological polar surface area (TPSA) is 70.2 Å². The molecule has 0 aliphatic rings. The van der Waals surface area contributed by atoms with E-state index in [1.54, 1.807) is 14.0 Å². The highest BCUT2D eigenvalue weighted by molar-refractivity contribution is 5.83. The Morgan fingerprint density at radius 3 is 2.20 bits per heavy atom. The van der Waals surface area contributed by atoms with Gasteiger partial charge in [-0.25, -0.2) is 0 Å². The van der Waals surface area contributed by atoms with E-state index in [1.165, 1.54) is 0 Å². The van der Waals surface area contributed by atoms with Gasteiger partial charge in [0, 0.05) is 12.6 Å². The maximum atomic E-state index is 11.6. The second kappa shape index (κ2) is 5.70. The number of nitrogens with one attached hydrogen (secondary N) is 3. The van der Waals surface area contributed by atoms with E-state index in [0.29, 0.717) is 0 Å². The summed E-state index contributed by atoms with van der Waals surface area (Å²) in [5.41, 5.74) is -0.250. The molecule has 0 radical (unpaired) electrons. The second-order valence-electron chi connectivity index (χ2n) is 4.52. The summed E-state index contributed by atoms with van der Waals surface area (Å²) in [7, 11) is 1.56. The lowest BCUT2D eigenvalue weighted by atomic mass is 10.1. The molecule has 0 aliphatic carbocycles. The summed E-state index contributed by atoms with van der Waals surface area (Å²) in [5.74, 6) is -0.239. The molecule has 0 rings (SSSR count). The molecular weight excluding hydrogens is 194 g/mol. The van der Waals surface area contributed by atoms with Crippen LogP contribution in [-0.2, 0) is 9.59 Å². The zero-order valence-electron chi connectivity index (χ0n) is 10.1. The van der Waals surface area contributed by atoms with Crippen molar-refractivity contribution < 1.29 is 9.59 Å². The standard InChI is InChI=1S/C10H21N3O2/c1-7(12-6-8(14)11-5)9(15)13-10(2,3)4/h7,12H,6H2,1-5H3,(H,11,14)(H,13,15). The number of carbonyl (C=O) groups excluding carboxylic acids is 2. The molecule has 2 amide bonds. The molecule has 0 saturated heterocycles. The largest absolute Gasteiger partial charge is 0.358 e. The lowest BCUT2D eigenvalue weighted by Crippen LogP contribution is -2.51. The Hall–Kier alpha value is -1.10. The van der Waals surface area contributed by atoms with E-state index in [2.05, 4.69) is 16.0 Å². The lowest BCUT2D eigenvalue weighted by molar-refractivity contribution is -0.124. The highest BCUT2D eigenvalue weighted by atomic mass is 16.2. The number of hydrogen-bond donors (Lipinski definition) is 3. The van der Waals surface area contributed by atoms with Crippen LogP contribution in [0.5, 0.6) is 0 Å². The average Bonchev–Trinajstić information content (AvgIpc) is 2.10. The fraction of sp³-hybridized carbons (Fsp3) is 0.800. The first kappa shape index (κ1) is 13.9. The van der Waals surface area contributed by atoms with Gasteiger partial charge in [0.2, 0.25) is 11.8 Å². The van der Waals surface area contributed by atoms with Gasteiger partial charge in [-0.3, -0.25) is 14.9 Å². The fourth-order valence-electron chi connectivity index (χ4n) is 0.905. The number of hydrogen-bond acceptors (Lipinski definition) is 3. The van der Waals surface area contributed by atoms with Crippen molar-refractivity contribution >= 4 is 11.8 Å². The highest BCUT2D eigenvalue weighted by Gasteiger charge is 2.18. The van der Waals surface area contributed by atoms with Gasteiger partial charge in [0.25, 0.3) is 0 Å². The van der Waals surface area contributed by atoms with E-state index in [1.807, 2.05) is 20.8 Å². The van der Waals surface area contributed by atoms with Crippen LogP contribution in [-0.4, -0.2) is 37.0 Å². The molecule has 88 valence electrons. The maximum absolute atomic E-state index is 11.6. The highest BCUT2D eigenvalue weighted by Crippen LogP contribution is 1.98. The summed E-state index contributed by atoms with van der Waals surface area (Å²) in [6.07, 6.45) is 0. The molecule has 1 unspecified atom stereocenters. The summed E-state index contributed by atoms with van der Waals surface area (Å²) < 4.78 is 0. The van der Waals surface area contributed by atoms with Gasteiger partial charge >= 0.3 is 0 Å². The van der Waals surface area contributed by atoms with Crippen molar-refractivity contribution in [3.05, 3.63) is 0 Å². The number of likely N-dealkylation sites (N-methyl/N-ethyl adjacent to an activating group) is 1. The van der Waals surface area contributed by atoms with Gasteiger partial charge in [-0.15, -0.1) is 0 Å². The van der Waals surface area contributed by atoms with Crippen LogP contribution in [0.1, 0.15) is 27.7 Å². The third kappa shape index (κ3) is 6.90. The smallest absolute Gasteiger partial charge is 0.237 e. The van der Waals surface area contributed by atoms with Crippen LogP contribution in [0.25, 0.3) is 0 Å². The van der Waals surface area contributed by atoms with Crippen molar-refractivity contribution in [2.75, 3.05) is 13.6 Å². The molecule has 0 aliphatic heterocycles. The molecule has 0 bridgehead atoms. The fourth-order valence-corrected chi connectivity index (χ4v) is 0.905. The van der Waals surface area contributed by atoms with Crippen molar-refractivity contribution in [1.29, 1.82) is 0 Å². The molecule has 0 heterocycles. The van der Waals surface area contributed by atoms with E-state index in [-0.39, 0.29) is 29.9 Å². The first-order valence-corrected chi connectivity index (χ1v) is 5.02. The van der Waals surface area contributed by atoms with E-state index < -0.39 is 0 Å². The molecule has 0 saturated carbocycles. The van der Waals surface area contributed by atoms with Gasteiger partial charge in [-0.2, -0.15) is 0 Å². The Bertz CT molecular complexity index is 233. The van der Waals surface area contributed by atoms with Crippen molar-refractivity contribution in [2.45, 2.75) is 39.3 Å². The Kier molecular flexibility index (Phi) is 5.28. The normalized spacial score (nSPS) is 13.1. The average molecular weight is 215 g/mol. The van der Waals surface area contributed by atoms with E-state index in [9.17, 15) is 9.59 Å². The van der Waals surface area contributed by atoms with Gasteiger partial charge < -0.3 is 10.6 Å². The van der Waals surface area contributed by atoms with Crippen LogP contribution in [0.4, 0.5) is 0 Å². The summed E-state index contributed by atoms with van der Waals surface area (Å²) >= 11 is 0. The molecule has 0 fully saturated rings. The third-order valence-electron chi connectivity index (χ3n) is 1.74. The summed E-state index contributed by atoms with van der Waals surface area (Å²) in [5, 5.41) is 8.13. The Labute approximate surface area is 91.0 Å². The van der Waals surface area contributed by atoms with Crippen molar-refractivity contribution in [3.63, 3.8) is 0 Å². The van der Waals surface area contributed by atoms with E-state index in [4.69, 9.17) is 0 Å². The molecule has 5 nitrogen and oxygen atoms in total. The van der Waals surface area contributed by atoms with Crippen LogP contribution >= 0.6 is 0 Å². The third-order valence-corrected chi connectivity index (χ3v) is 1.74. The molecule has 1 atom stereocenters. The van der Waals surface area contributed by atoms with Crippen LogP contribution in [0.15, 0.2) is 0 Å². The summed E-state index contributed by atoms with van der Waals surface area (Å²) in [6, 6.07) is -0.374. The number of carbonyl (C=O) groups is 2. The summed E-state index contributed by atoms with van der Waals surface area (Å²) in [6.45, 7) is 7.61. The molecule has 15 heavy (non-hydrogen) atoms. The zero-order valence-corrected chi connectivity index (χ0v) is 10.1. The minimum Gasteiger partial charge on any atom is -0.358 e. The SMILES string of the molecule is CNC(=O)CNC(C)C(=O)NC(C)(C)C. The van der Waals surface area contributed by atoms with Crippen molar-refractivity contribution in [2.24, 2.45) is 0 Å². The van der Waals surface area contributed by atoms with Crippen LogP contribution in [0.3, 0.4) is 0 Å². The minimum atomic E-state index is -0.374. The van der Waals surface area contributed by atoms with Crippen LogP contribution in [0, 0.1) is 0 Å². The lowest BCUT2D eigenvalue weighted by Gasteiger charge is -2.23. The molecule has 0 aromatic rings. The van der Waals surface area contributed by atoms with Crippen LogP contribution in [0.2, 0.25) is 0 Å². The molecule has 0 aromatic heterocycles. The predicted molar refractivity (Wildman–Crippen MR) is 59.4 cm³/mol. The molecule has 0 aromatic carbocycles. The predicted octanol–water partition coefficient (Wildman–Crippen LogP) is -0.375. The first-order valence-electron chi connectivity index (χ1n) is 5.02. The Balaban J connectivity index is 3.95. The monoisotopic (exact) mass is 215 g/mol. The quantitative estimate of drug-likeness (QED) is 0.599. The second-order valence-corrected chi connectivity index (χ2v) is 4.52. The van der Waals surface area contributed by atoms with Gasteiger partial charge in [0.1, 0.15) is 0 Å². The maximum Gasteiger partial charge on any atom is 0.237 e. The van der Waals surface area contributed by atoms with E-state index >= 15 is 0 Å². The minimum absolute atomic E-state index is 0.105. The first-order chi connectivity index (χ1) is 6.76.